The van der Waals surface area contributed by atoms with Gasteiger partial charge in [-0.05, 0) is 19.3 Å². The van der Waals surface area contributed by atoms with E-state index < -0.39 is 11.9 Å². The van der Waals surface area contributed by atoms with Crippen molar-refractivity contribution in [2.75, 3.05) is 0 Å². The first kappa shape index (κ1) is 11.0. The molecule has 0 aromatic heterocycles. The highest BCUT2D eigenvalue weighted by molar-refractivity contribution is 5.94. The van der Waals surface area contributed by atoms with Gasteiger partial charge < -0.3 is 10.4 Å². The summed E-state index contributed by atoms with van der Waals surface area (Å²) in [6.07, 6.45) is 3.88. The van der Waals surface area contributed by atoms with Gasteiger partial charge in [-0.2, -0.15) is 5.26 Å². The van der Waals surface area contributed by atoms with Crippen LogP contribution in [0.25, 0.3) is 0 Å². The highest BCUT2D eigenvalue weighted by atomic mass is 16.4. The summed E-state index contributed by atoms with van der Waals surface area (Å²) < 4.78 is 0. The molecule has 2 N–H and O–H groups in total. The third-order valence-electron chi connectivity index (χ3n) is 2.00. The highest BCUT2D eigenvalue weighted by Crippen LogP contribution is 2.22. The van der Waals surface area contributed by atoms with Crippen LogP contribution in [0, 0.1) is 11.3 Å². The number of allylic oxidation sites excluding steroid dienone is 2. The molecule has 5 nitrogen and oxygen atoms in total. The molecule has 0 saturated carbocycles. The topological polar surface area (TPSA) is 90.2 Å². The van der Waals surface area contributed by atoms with Crippen molar-refractivity contribution in [1.82, 2.24) is 5.32 Å². The van der Waals surface area contributed by atoms with Crippen molar-refractivity contribution in [3.05, 3.63) is 23.4 Å². The van der Waals surface area contributed by atoms with Gasteiger partial charge in [0.1, 0.15) is 0 Å². The molecule has 0 atom stereocenters. The number of nitrogens with one attached hydrogen (secondary N) is 1. The van der Waals surface area contributed by atoms with Crippen LogP contribution in [0.4, 0.5) is 0 Å². The normalized spacial score (nSPS) is 15.4. The monoisotopic (exact) mass is 206 g/mol. The van der Waals surface area contributed by atoms with Crippen molar-refractivity contribution in [3.63, 3.8) is 0 Å². The lowest BCUT2D eigenvalue weighted by atomic mass is 10.2. The maximum Gasteiger partial charge on any atom is 0.328 e. The summed E-state index contributed by atoms with van der Waals surface area (Å²) in [5, 5.41) is 19.5. The molecule has 0 aromatic rings. The molecule has 0 radical (unpaired) electrons. The molecule has 1 aliphatic rings. The van der Waals surface area contributed by atoms with Gasteiger partial charge in [-0.1, -0.05) is 0 Å². The molecule has 15 heavy (non-hydrogen) atoms. The Labute approximate surface area is 86.7 Å². The molecular formula is C10H10N2O3. The molecule has 0 aliphatic heterocycles. The number of rotatable bonds is 3. The summed E-state index contributed by atoms with van der Waals surface area (Å²) >= 11 is 0. The Hall–Kier alpha value is -2.09. The van der Waals surface area contributed by atoms with Gasteiger partial charge in [0.25, 0.3) is 0 Å². The Bertz CT molecular complexity index is 388. The van der Waals surface area contributed by atoms with Gasteiger partial charge in [0.2, 0.25) is 5.91 Å². The average molecular weight is 206 g/mol. The van der Waals surface area contributed by atoms with Crippen LogP contribution in [-0.4, -0.2) is 17.0 Å². The van der Waals surface area contributed by atoms with Gasteiger partial charge in [-0.3, -0.25) is 4.79 Å². The first-order valence-corrected chi connectivity index (χ1v) is 4.47. The second-order valence-electron chi connectivity index (χ2n) is 3.08. The van der Waals surface area contributed by atoms with Gasteiger partial charge >= 0.3 is 5.97 Å². The standard InChI is InChI=1S/C10H10N2O3/c11-6-7-2-1-3-8(7)12-9(13)4-5-10(14)15/h4-5H,1-3H2,(H,12,13)(H,14,15)/b5-4+. The lowest BCUT2D eigenvalue weighted by molar-refractivity contribution is -0.131. The predicted molar refractivity (Wildman–Crippen MR) is 51.4 cm³/mol. The van der Waals surface area contributed by atoms with E-state index in [4.69, 9.17) is 10.4 Å². The van der Waals surface area contributed by atoms with Crippen LogP contribution >= 0.6 is 0 Å². The van der Waals surface area contributed by atoms with E-state index in [-0.39, 0.29) is 0 Å². The first-order valence-electron chi connectivity index (χ1n) is 4.47. The van der Waals surface area contributed by atoms with E-state index >= 15 is 0 Å². The molecule has 78 valence electrons. The zero-order valence-electron chi connectivity index (χ0n) is 7.99. The summed E-state index contributed by atoms with van der Waals surface area (Å²) in [5.74, 6) is -1.69. The van der Waals surface area contributed by atoms with E-state index in [9.17, 15) is 9.59 Å². The lowest BCUT2D eigenvalue weighted by Crippen LogP contribution is -2.20. The largest absolute Gasteiger partial charge is 0.478 e. The molecule has 5 heteroatoms. The smallest absolute Gasteiger partial charge is 0.328 e. The van der Waals surface area contributed by atoms with Crippen molar-refractivity contribution in [1.29, 1.82) is 5.26 Å². The summed E-state index contributed by atoms with van der Waals surface area (Å²) in [6.45, 7) is 0. The number of carboxylic acid groups (broad SMARTS) is 1. The van der Waals surface area contributed by atoms with Crippen LogP contribution in [0.1, 0.15) is 19.3 Å². The minimum Gasteiger partial charge on any atom is -0.478 e. The number of carbonyl (C=O) groups excluding carboxylic acids is 1. The summed E-state index contributed by atoms with van der Waals surface area (Å²) in [5.41, 5.74) is 1.18. The quantitative estimate of drug-likeness (QED) is 0.665. The first-order chi connectivity index (χ1) is 7.13. The van der Waals surface area contributed by atoms with Gasteiger partial charge in [-0.25, -0.2) is 4.79 Å². The second kappa shape index (κ2) is 4.96. The Kier molecular flexibility index (Phi) is 3.63. The molecule has 0 bridgehead atoms. The van der Waals surface area contributed by atoms with Crippen molar-refractivity contribution in [3.8, 4) is 6.07 Å². The van der Waals surface area contributed by atoms with Crippen LogP contribution in [0.3, 0.4) is 0 Å². The van der Waals surface area contributed by atoms with Crippen LogP contribution in [0.2, 0.25) is 0 Å². The van der Waals surface area contributed by atoms with Crippen LogP contribution in [0.15, 0.2) is 23.4 Å². The average Bonchev–Trinajstić information content (AvgIpc) is 2.62. The molecule has 0 spiro atoms. The third-order valence-corrected chi connectivity index (χ3v) is 2.00. The Morgan fingerprint density at radius 2 is 2.13 bits per heavy atom. The number of hydrogen-bond acceptors (Lipinski definition) is 3. The summed E-state index contributed by atoms with van der Waals surface area (Å²) in [4.78, 5) is 21.3. The van der Waals surface area contributed by atoms with Crippen LogP contribution in [0.5, 0.6) is 0 Å². The van der Waals surface area contributed by atoms with E-state index in [1.54, 1.807) is 0 Å². The molecule has 1 rings (SSSR count). The zero-order valence-corrected chi connectivity index (χ0v) is 7.99. The SMILES string of the molecule is N#CC1=C(NC(=O)/C=C/C(=O)O)CCC1. The minimum absolute atomic E-state index is 0.512. The number of nitrogens with zero attached hydrogens (tertiary/aromatic N) is 1. The fourth-order valence-electron chi connectivity index (χ4n) is 1.34. The third kappa shape index (κ3) is 3.27. The number of aliphatic carboxylic acids is 1. The van der Waals surface area contributed by atoms with E-state index in [1.165, 1.54) is 0 Å². The zero-order chi connectivity index (χ0) is 11.3. The number of nitriles is 1. The summed E-state index contributed by atoms with van der Waals surface area (Å²) in [6, 6.07) is 2.01. The molecule has 0 saturated heterocycles. The Morgan fingerprint density at radius 3 is 2.73 bits per heavy atom. The molecular weight excluding hydrogens is 196 g/mol. The Balaban J connectivity index is 2.59. The molecule has 0 heterocycles. The van der Waals surface area contributed by atoms with Crippen molar-refractivity contribution < 1.29 is 14.7 Å². The molecule has 1 amide bonds. The number of carboxylic acids is 1. The molecule has 1 aliphatic carbocycles. The second-order valence-corrected chi connectivity index (χ2v) is 3.08. The molecule has 0 unspecified atom stereocenters. The molecule has 0 aromatic carbocycles. The molecule has 0 fully saturated rings. The Morgan fingerprint density at radius 1 is 1.40 bits per heavy atom. The van der Waals surface area contributed by atoms with E-state index in [2.05, 4.69) is 5.32 Å². The van der Waals surface area contributed by atoms with E-state index in [0.29, 0.717) is 24.1 Å². The predicted octanol–water partition coefficient (Wildman–Crippen LogP) is 0.705. The van der Waals surface area contributed by atoms with Gasteiger partial charge in [0.15, 0.2) is 0 Å². The van der Waals surface area contributed by atoms with E-state index in [0.717, 1.165) is 18.6 Å². The van der Waals surface area contributed by atoms with Gasteiger partial charge in [-0.15, -0.1) is 0 Å². The highest BCUT2D eigenvalue weighted by Gasteiger charge is 2.15. The number of carbonyl (C=O) groups is 2. The maximum atomic E-state index is 11.2. The van der Waals surface area contributed by atoms with Gasteiger partial charge in [0.05, 0.1) is 6.07 Å². The van der Waals surface area contributed by atoms with Crippen molar-refractivity contribution in [2.45, 2.75) is 19.3 Å². The van der Waals surface area contributed by atoms with Gasteiger partial charge in [0, 0.05) is 23.4 Å². The minimum atomic E-state index is -1.17. The van der Waals surface area contributed by atoms with E-state index in [1.807, 2.05) is 6.07 Å². The fraction of sp³-hybridized carbons (Fsp3) is 0.300. The number of amides is 1. The van der Waals surface area contributed by atoms with Crippen molar-refractivity contribution in [2.24, 2.45) is 0 Å². The fourth-order valence-corrected chi connectivity index (χ4v) is 1.34. The van der Waals surface area contributed by atoms with Crippen molar-refractivity contribution >= 4 is 11.9 Å². The summed E-state index contributed by atoms with van der Waals surface area (Å²) in [7, 11) is 0. The maximum absolute atomic E-state index is 11.2. The van der Waals surface area contributed by atoms with Crippen LogP contribution < -0.4 is 5.32 Å². The lowest BCUT2D eigenvalue weighted by Gasteiger charge is -2.02. The number of hydrogen-bond donors (Lipinski definition) is 2. The van der Waals surface area contributed by atoms with Crippen LogP contribution in [-0.2, 0) is 9.59 Å².